The van der Waals surface area contributed by atoms with Crippen molar-refractivity contribution in [3.8, 4) is 0 Å². The number of nitrogens with zero attached hydrogens (tertiary/aromatic N) is 1. The Kier molecular flexibility index (Phi) is 8.01. The van der Waals surface area contributed by atoms with Crippen molar-refractivity contribution in [3.05, 3.63) is 42.6 Å². The van der Waals surface area contributed by atoms with Crippen molar-refractivity contribution >= 4 is 10.9 Å². The van der Waals surface area contributed by atoms with Crippen LogP contribution in [0.4, 0.5) is 0 Å². The predicted octanol–water partition coefficient (Wildman–Crippen LogP) is 6.05. The lowest BCUT2D eigenvalue weighted by atomic mass is 10.1. The molecule has 1 heteroatoms. The Balaban J connectivity index is 1.59. The number of benzene rings is 1. The molecule has 0 spiro atoms. The van der Waals surface area contributed by atoms with Crippen molar-refractivity contribution in [3.63, 3.8) is 0 Å². The van der Waals surface area contributed by atoms with Crippen LogP contribution in [0.25, 0.3) is 10.9 Å². The Morgan fingerprint density at radius 1 is 0.682 bits per heavy atom. The third-order valence-electron chi connectivity index (χ3n) is 4.54. The van der Waals surface area contributed by atoms with E-state index in [2.05, 4.69) is 54.1 Å². The molecular weight excluding hydrogens is 266 g/mol. The largest absolute Gasteiger partial charge is 0.212 e. The molecule has 0 aliphatic rings. The molecule has 2 aromatic rings. The summed E-state index contributed by atoms with van der Waals surface area (Å²) >= 11 is 0. The van der Waals surface area contributed by atoms with Crippen LogP contribution in [0.3, 0.4) is 0 Å². The second-order valence-corrected chi connectivity index (χ2v) is 6.44. The van der Waals surface area contributed by atoms with Crippen LogP contribution < -0.4 is 4.57 Å². The first kappa shape index (κ1) is 17.0. The summed E-state index contributed by atoms with van der Waals surface area (Å²) in [6.07, 6.45) is 16.2. The number of unbranched alkanes of at least 4 members (excludes halogenated alkanes) is 9. The highest BCUT2D eigenvalue weighted by Gasteiger charge is 2.06. The van der Waals surface area contributed by atoms with Crippen LogP contribution in [0.2, 0.25) is 0 Å². The van der Waals surface area contributed by atoms with Gasteiger partial charge in [-0.05, 0) is 18.6 Å². The lowest BCUT2D eigenvalue weighted by Crippen LogP contribution is -2.33. The molecule has 0 bridgehead atoms. The molecule has 120 valence electrons. The number of pyridine rings is 1. The predicted molar refractivity (Wildman–Crippen MR) is 96.0 cm³/mol. The summed E-state index contributed by atoms with van der Waals surface area (Å²) in [6.45, 7) is 3.44. The van der Waals surface area contributed by atoms with Crippen molar-refractivity contribution in [2.24, 2.45) is 0 Å². The SMILES string of the molecule is CCCCCCCCCCCC[n+]1cccc2ccccc21. The molecule has 0 fully saturated rings. The van der Waals surface area contributed by atoms with E-state index < -0.39 is 0 Å². The molecule has 0 N–H and O–H groups in total. The second kappa shape index (κ2) is 10.4. The Morgan fingerprint density at radius 3 is 2.00 bits per heavy atom. The van der Waals surface area contributed by atoms with Crippen LogP contribution in [-0.2, 0) is 6.54 Å². The zero-order valence-electron chi connectivity index (χ0n) is 14.3. The van der Waals surface area contributed by atoms with Crippen LogP contribution in [0.15, 0.2) is 42.6 Å². The molecular formula is C21H32N+. The molecule has 0 atom stereocenters. The number of rotatable bonds is 11. The highest BCUT2D eigenvalue weighted by Crippen LogP contribution is 2.11. The number of hydrogen-bond donors (Lipinski definition) is 0. The first-order valence-corrected chi connectivity index (χ1v) is 9.29. The fourth-order valence-electron chi connectivity index (χ4n) is 3.19. The van der Waals surface area contributed by atoms with Gasteiger partial charge in [0.15, 0.2) is 6.20 Å². The van der Waals surface area contributed by atoms with Gasteiger partial charge in [-0.1, -0.05) is 70.4 Å². The summed E-state index contributed by atoms with van der Waals surface area (Å²) in [7, 11) is 0. The Bertz CT molecular complexity index is 527. The van der Waals surface area contributed by atoms with Gasteiger partial charge in [-0.2, -0.15) is 4.57 Å². The zero-order valence-corrected chi connectivity index (χ0v) is 14.3. The van der Waals surface area contributed by atoms with Gasteiger partial charge in [0.05, 0.1) is 0 Å². The molecule has 0 aliphatic heterocycles. The van der Waals surface area contributed by atoms with Gasteiger partial charge in [-0.25, -0.2) is 0 Å². The normalized spacial score (nSPS) is 11.1. The number of aromatic nitrogens is 1. The number of fused-ring (bicyclic) bond motifs is 1. The fourth-order valence-corrected chi connectivity index (χ4v) is 3.19. The number of para-hydroxylation sites is 1. The summed E-state index contributed by atoms with van der Waals surface area (Å²) in [5, 5.41) is 1.34. The van der Waals surface area contributed by atoms with Crippen molar-refractivity contribution in [2.45, 2.75) is 77.7 Å². The first-order chi connectivity index (χ1) is 10.9. The summed E-state index contributed by atoms with van der Waals surface area (Å²) in [4.78, 5) is 0. The average molecular weight is 298 g/mol. The van der Waals surface area contributed by atoms with Gasteiger partial charge in [0.2, 0.25) is 5.52 Å². The van der Waals surface area contributed by atoms with Crippen molar-refractivity contribution in [1.82, 2.24) is 0 Å². The third-order valence-corrected chi connectivity index (χ3v) is 4.54. The molecule has 1 heterocycles. The zero-order chi connectivity index (χ0) is 15.5. The van der Waals surface area contributed by atoms with Gasteiger partial charge >= 0.3 is 0 Å². The van der Waals surface area contributed by atoms with E-state index in [1.54, 1.807) is 0 Å². The van der Waals surface area contributed by atoms with Gasteiger partial charge in [0, 0.05) is 23.9 Å². The molecule has 0 saturated carbocycles. The maximum absolute atomic E-state index is 2.40. The average Bonchev–Trinajstić information content (AvgIpc) is 2.56. The Hall–Kier alpha value is -1.37. The van der Waals surface area contributed by atoms with Gasteiger partial charge in [-0.15, -0.1) is 0 Å². The van der Waals surface area contributed by atoms with Gasteiger partial charge < -0.3 is 0 Å². The lowest BCUT2D eigenvalue weighted by molar-refractivity contribution is -0.671. The minimum absolute atomic E-state index is 1.15. The van der Waals surface area contributed by atoms with Crippen LogP contribution in [0, 0.1) is 0 Å². The van der Waals surface area contributed by atoms with E-state index in [0.29, 0.717) is 0 Å². The third kappa shape index (κ3) is 5.79. The smallest absolute Gasteiger partial charge is 0.198 e. The van der Waals surface area contributed by atoms with E-state index in [-0.39, 0.29) is 0 Å². The van der Waals surface area contributed by atoms with E-state index in [1.807, 2.05) is 0 Å². The maximum Gasteiger partial charge on any atom is 0.212 e. The standard InChI is InChI=1S/C21H32N/c1-2-3-4-5-6-7-8-9-10-13-18-22-19-14-16-20-15-11-12-17-21(20)22/h11-12,14-17,19H,2-10,13,18H2,1H3/q+1. The molecule has 2 rings (SSSR count). The summed E-state index contributed by atoms with van der Waals surface area (Å²) in [5.74, 6) is 0. The highest BCUT2D eigenvalue weighted by atomic mass is 14.9. The second-order valence-electron chi connectivity index (χ2n) is 6.44. The van der Waals surface area contributed by atoms with E-state index in [4.69, 9.17) is 0 Å². The summed E-state index contributed by atoms with van der Waals surface area (Å²) < 4.78 is 2.40. The molecule has 0 amide bonds. The van der Waals surface area contributed by atoms with E-state index >= 15 is 0 Å². The Morgan fingerprint density at radius 2 is 1.27 bits per heavy atom. The molecule has 0 aliphatic carbocycles. The minimum Gasteiger partial charge on any atom is -0.198 e. The minimum atomic E-state index is 1.15. The molecule has 0 saturated heterocycles. The van der Waals surface area contributed by atoms with Crippen LogP contribution in [-0.4, -0.2) is 0 Å². The lowest BCUT2D eigenvalue weighted by Gasteiger charge is -2.03. The molecule has 0 unspecified atom stereocenters. The van der Waals surface area contributed by atoms with Crippen molar-refractivity contribution in [1.29, 1.82) is 0 Å². The fraction of sp³-hybridized carbons (Fsp3) is 0.571. The van der Waals surface area contributed by atoms with Crippen molar-refractivity contribution in [2.75, 3.05) is 0 Å². The van der Waals surface area contributed by atoms with E-state index in [0.717, 1.165) is 6.54 Å². The van der Waals surface area contributed by atoms with Crippen LogP contribution >= 0.6 is 0 Å². The Labute approximate surface area is 136 Å². The van der Waals surface area contributed by atoms with Crippen molar-refractivity contribution < 1.29 is 4.57 Å². The number of hydrogen-bond acceptors (Lipinski definition) is 0. The van der Waals surface area contributed by atoms with Gasteiger partial charge in [-0.3, -0.25) is 0 Å². The summed E-state index contributed by atoms with van der Waals surface area (Å²) in [6, 6.07) is 13.0. The quantitative estimate of drug-likeness (QED) is 0.351. The molecule has 1 nitrogen and oxygen atoms in total. The van der Waals surface area contributed by atoms with Crippen LogP contribution in [0.5, 0.6) is 0 Å². The molecule has 1 aromatic heterocycles. The topological polar surface area (TPSA) is 3.88 Å². The highest BCUT2D eigenvalue weighted by molar-refractivity contribution is 5.74. The molecule has 0 radical (unpaired) electrons. The molecule has 22 heavy (non-hydrogen) atoms. The van der Waals surface area contributed by atoms with Crippen LogP contribution in [0.1, 0.15) is 71.1 Å². The first-order valence-electron chi connectivity index (χ1n) is 9.29. The van der Waals surface area contributed by atoms with Gasteiger partial charge in [0.1, 0.15) is 6.54 Å². The summed E-state index contributed by atoms with van der Waals surface area (Å²) in [5.41, 5.74) is 1.36. The monoisotopic (exact) mass is 298 g/mol. The maximum atomic E-state index is 2.40. The molecule has 1 aromatic carbocycles. The van der Waals surface area contributed by atoms with Gasteiger partial charge in [0.25, 0.3) is 0 Å². The number of aryl methyl sites for hydroxylation is 1. The van der Waals surface area contributed by atoms with E-state index in [9.17, 15) is 0 Å². The van der Waals surface area contributed by atoms with E-state index in [1.165, 1.54) is 75.1 Å².